The highest BCUT2D eigenvalue weighted by Gasteiger charge is 2.20. The van der Waals surface area contributed by atoms with Crippen molar-refractivity contribution in [2.45, 2.75) is 13.5 Å². The average molecular weight is 408 g/mol. The van der Waals surface area contributed by atoms with Crippen molar-refractivity contribution < 1.29 is 4.79 Å². The fourth-order valence-electron chi connectivity index (χ4n) is 3.46. The van der Waals surface area contributed by atoms with E-state index in [1.807, 2.05) is 70.7 Å². The van der Waals surface area contributed by atoms with E-state index in [9.17, 15) is 4.79 Å². The van der Waals surface area contributed by atoms with Crippen LogP contribution in [0.3, 0.4) is 0 Å². The maximum absolute atomic E-state index is 13.0. The SMILES string of the molecule is Cc1ccc(NC(=O)c2nc(-c3cn(Cc4ccccc4)cn3)n3ccccc23)nc1. The van der Waals surface area contributed by atoms with Crippen LogP contribution in [0.4, 0.5) is 5.82 Å². The second-order valence-electron chi connectivity index (χ2n) is 7.33. The molecule has 0 aliphatic heterocycles. The van der Waals surface area contributed by atoms with E-state index >= 15 is 0 Å². The second kappa shape index (κ2) is 7.87. The van der Waals surface area contributed by atoms with Crippen LogP contribution in [0.15, 0.2) is 85.6 Å². The molecule has 0 aliphatic rings. The van der Waals surface area contributed by atoms with E-state index in [2.05, 4.69) is 32.4 Å². The van der Waals surface area contributed by atoms with Crippen molar-refractivity contribution in [3.05, 3.63) is 102 Å². The third-order valence-corrected chi connectivity index (χ3v) is 4.99. The van der Waals surface area contributed by atoms with Gasteiger partial charge in [-0.25, -0.2) is 15.0 Å². The van der Waals surface area contributed by atoms with Crippen molar-refractivity contribution in [2.75, 3.05) is 5.32 Å². The zero-order valence-electron chi connectivity index (χ0n) is 16.9. The minimum atomic E-state index is -0.310. The molecule has 152 valence electrons. The van der Waals surface area contributed by atoms with E-state index in [0.717, 1.165) is 5.56 Å². The van der Waals surface area contributed by atoms with Crippen LogP contribution in [-0.2, 0) is 6.54 Å². The van der Waals surface area contributed by atoms with Gasteiger partial charge in [-0.1, -0.05) is 42.5 Å². The first kappa shape index (κ1) is 18.7. The normalized spacial score (nSPS) is 11.0. The Morgan fingerprint density at radius 3 is 2.65 bits per heavy atom. The van der Waals surface area contributed by atoms with Crippen LogP contribution in [0.1, 0.15) is 21.6 Å². The van der Waals surface area contributed by atoms with Gasteiger partial charge in [0.25, 0.3) is 5.91 Å². The summed E-state index contributed by atoms with van der Waals surface area (Å²) >= 11 is 0. The highest BCUT2D eigenvalue weighted by Crippen LogP contribution is 2.22. The van der Waals surface area contributed by atoms with Gasteiger partial charge in [0.1, 0.15) is 11.5 Å². The number of aryl methyl sites for hydroxylation is 1. The Kier molecular flexibility index (Phi) is 4.76. The molecule has 0 saturated carbocycles. The number of carbonyl (C=O) groups is 1. The van der Waals surface area contributed by atoms with Crippen LogP contribution < -0.4 is 5.32 Å². The van der Waals surface area contributed by atoms with E-state index in [4.69, 9.17) is 0 Å². The van der Waals surface area contributed by atoms with Gasteiger partial charge in [-0.05, 0) is 36.2 Å². The first-order chi connectivity index (χ1) is 15.2. The van der Waals surface area contributed by atoms with Crippen molar-refractivity contribution in [2.24, 2.45) is 0 Å². The molecule has 4 heterocycles. The van der Waals surface area contributed by atoms with Crippen molar-refractivity contribution in [1.82, 2.24) is 23.9 Å². The predicted octanol–water partition coefficient (Wildman–Crippen LogP) is 4.20. The van der Waals surface area contributed by atoms with Crippen molar-refractivity contribution in [3.63, 3.8) is 0 Å². The Balaban J connectivity index is 1.48. The Morgan fingerprint density at radius 2 is 1.84 bits per heavy atom. The number of nitrogens with zero attached hydrogens (tertiary/aromatic N) is 5. The number of anilines is 1. The van der Waals surface area contributed by atoms with Gasteiger partial charge in [0.15, 0.2) is 11.5 Å². The number of fused-ring (bicyclic) bond motifs is 1. The Hall–Kier alpha value is -4.26. The number of benzene rings is 1. The van der Waals surface area contributed by atoms with Crippen LogP contribution in [0.2, 0.25) is 0 Å². The minimum absolute atomic E-state index is 0.310. The third kappa shape index (κ3) is 3.81. The maximum atomic E-state index is 13.0. The summed E-state index contributed by atoms with van der Waals surface area (Å²) in [6, 6.07) is 19.5. The molecule has 0 fully saturated rings. The molecule has 0 unspecified atom stereocenters. The van der Waals surface area contributed by atoms with Gasteiger partial charge in [-0.2, -0.15) is 0 Å². The summed E-state index contributed by atoms with van der Waals surface area (Å²) in [5.41, 5.74) is 3.95. The number of rotatable bonds is 5. The molecule has 4 aromatic heterocycles. The zero-order chi connectivity index (χ0) is 21.2. The molecule has 0 spiro atoms. The summed E-state index contributed by atoms with van der Waals surface area (Å²) in [6.45, 7) is 2.66. The van der Waals surface area contributed by atoms with Crippen LogP contribution in [0.5, 0.6) is 0 Å². The smallest absolute Gasteiger partial charge is 0.277 e. The number of carbonyl (C=O) groups excluding carboxylic acids is 1. The van der Waals surface area contributed by atoms with Crippen molar-refractivity contribution in [3.8, 4) is 11.5 Å². The van der Waals surface area contributed by atoms with E-state index in [1.54, 1.807) is 18.6 Å². The molecule has 1 amide bonds. The minimum Gasteiger partial charge on any atom is -0.332 e. The quantitative estimate of drug-likeness (QED) is 0.473. The topological polar surface area (TPSA) is 77.1 Å². The Morgan fingerprint density at radius 1 is 1.00 bits per heavy atom. The van der Waals surface area contributed by atoms with E-state index in [0.29, 0.717) is 35.1 Å². The molecule has 0 atom stereocenters. The average Bonchev–Trinajstić information content (AvgIpc) is 3.41. The van der Waals surface area contributed by atoms with Gasteiger partial charge in [-0.3, -0.25) is 9.20 Å². The molecular weight excluding hydrogens is 388 g/mol. The molecule has 0 saturated heterocycles. The van der Waals surface area contributed by atoms with E-state index in [-0.39, 0.29) is 5.91 Å². The van der Waals surface area contributed by atoms with Gasteiger partial charge >= 0.3 is 0 Å². The van der Waals surface area contributed by atoms with Gasteiger partial charge < -0.3 is 9.88 Å². The largest absolute Gasteiger partial charge is 0.332 e. The van der Waals surface area contributed by atoms with E-state index < -0.39 is 0 Å². The molecular formula is C24H20N6O. The molecule has 1 N–H and O–H groups in total. The lowest BCUT2D eigenvalue weighted by molar-refractivity contribution is 0.102. The van der Waals surface area contributed by atoms with Crippen molar-refractivity contribution in [1.29, 1.82) is 0 Å². The monoisotopic (exact) mass is 408 g/mol. The molecule has 7 heteroatoms. The predicted molar refractivity (Wildman–Crippen MR) is 119 cm³/mol. The summed E-state index contributed by atoms with van der Waals surface area (Å²) in [4.78, 5) is 26.4. The molecule has 7 nitrogen and oxygen atoms in total. The zero-order valence-corrected chi connectivity index (χ0v) is 16.9. The number of pyridine rings is 2. The summed E-state index contributed by atoms with van der Waals surface area (Å²) in [6.07, 6.45) is 7.32. The number of imidazole rings is 2. The van der Waals surface area contributed by atoms with Crippen molar-refractivity contribution >= 4 is 17.2 Å². The number of amides is 1. The Bertz CT molecular complexity index is 1350. The lowest BCUT2D eigenvalue weighted by atomic mass is 10.2. The highest BCUT2D eigenvalue weighted by molar-refractivity contribution is 6.07. The molecule has 31 heavy (non-hydrogen) atoms. The highest BCUT2D eigenvalue weighted by atomic mass is 16.2. The second-order valence-corrected chi connectivity index (χ2v) is 7.33. The first-order valence-electron chi connectivity index (χ1n) is 9.94. The maximum Gasteiger partial charge on any atom is 0.277 e. The molecule has 1 aromatic carbocycles. The van der Waals surface area contributed by atoms with E-state index in [1.165, 1.54) is 5.56 Å². The van der Waals surface area contributed by atoms with Gasteiger partial charge in [-0.15, -0.1) is 0 Å². The lowest BCUT2D eigenvalue weighted by Gasteiger charge is -2.03. The van der Waals surface area contributed by atoms with Crippen LogP contribution >= 0.6 is 0 Å². The van der Waals surface area contributed by atoms with Gasteiger partial charge in [0.05, 0.1) is 11.8 Å². The molecule has 5 aromatic rings. The third-order valence-electron chi connectivity index (χ3n) is 4.99. The van der Waals surface area contributed by atoms with Crippen LogP contribution in [0, 0.1) is 6.92 Å². The summed E-state index contributed by atoms with van der Waals surface area (Å²) in [5.74, 6) is 0.792. The lowest BCUT2D eigenvalue weighted by Crippen LogP contribution is -2.13. The molecule has 0 bridgehead atoms. The number of hydrogen-bond donors (Lipinski definition) is 1. The number of nitrogens with one attached hydrogen (secondary N) is 1. The summed E-state index contributed by atoms with van der Waals surface area (Å²) < 4.78 is 3.89. The van der Waals surface area contributed by atoms with Crippen LogP contribution in [-0.4, -0.2) is 29.8 Å². The Labute approximate surface area is 179 Å². The van der Waals surface area contributed by atoms with Gasteiger partial charge in [0, 0.05) is 25.1 Å². The fourth-order valence-corrected chi connectivity index (χ4v) is 3.46. The standard InChI is InChI=1S/C24H20N6O/c1-17-10-11-21(25-13-17)27-24(31)22-20-9-5-6-12-30(20)23(28-22)19-15-29(16-26-19)14-18-7-3-2-4-8-18/h2-13,15-16H,14H2,1H3,(H,25,27,31). The van der Waals surface area contributed by atoms with Gasteiger partial charge in [0.2, 0.25) is 0 Å². The summed E-state index contributed by atoms with van der Waals surface area (Å²) in [5, 5.41) is 2.83. The number of aromatic nitrogens is 5. The first-order valence-corrected chi connectivity index (χ1v) is 9.94. The fraction of sp³-hybridized carbons (Fsp3) is 0.0833. The van der Waals surface area contributed by atoms with Crippen LogP contribution in [0.25, 0.3) is 17.0 Å². The number of hydrogen-bond acceptors (Lipinski definition) is 4. The molecule has 0 radical (unpaired) electrons. The molecule has 5 rings (SSSR count). The summed E-state index contributed by atoms with van der Waals surface area (Å²) in [7, 11) is 0. The molecule has 0 aliphatic carbocycles.